The van der Waals surface area contributed by atoms with Crippen LogP contribution in [-0.4, -0.2) is 32.0 Å². The van der Waals surface area contributed by atoms with Crippen LogP contribution in [0, 0.1) is 0 Å². The fourth-order valence-electron chi connectivity index (χ4n) is 1.66. The number of guanidine groups is 1. The molecule has 1 amide bonds. The van der Waals surface area contributed by atoms with Crippen molar-refractivity contribution in [2.24, 2.45) is 4.99 Å². The van der Waals surface area contributed by atoms with E-state index < -0.39 is 0 Å². The van der Waals surface area contributed by atoms with Crippen molar-refractivity contribution < 1.29 is 4.79 Å². The van der Waals surface area contributed by atoms with Gasteiger partial charge in [0.25, 0.3) is 5.91 Å². The normalized spacial score (nSPS) is 10.3. The Morgan fingerprint density at radius 2 is 2.10 bits per heavy atom. The van der Waals surface area contributed by atoms with Crippen LogP contribution in [0.5, 0.6) is 0 Å². The highest BCUT2D eigenvalue weighted by Crippen LogP contribution is 2.05. The lowest BCUT2D eigenvalue weighted by molar-refractivity contribution is 0.0955. The zero-order chi connectivity index (χ0) is 14.8. The third-order valence-electron chi connectivity index (χ3n) is 2.62. The number of hydrogen-bond acceptors (Lipinski definition) is 2. The molecular formula is C15H23IN4O. The van der Waals surface area contributed by atoms with Crippen molar-refractivity contribution in [2.75, 3.05) is 20.1 Å². The second-order valence-corrected chi connectivity index (χ2v) is 4.16. The van der Waals surface area contributed by atoms with Crippen molar-refractivity contribution in [3.63, 3.8) is 0 Å². The minimum atomic E-state index is -0.0523. The molecular weight excluding hydrogens is 379 g/mol. The number of halogens is 1. The van der Waals surface area contributed by atoms with Crippen LogP contribution >= 0.6 is 24.0 Å². The molecule has 0 atom stereocenters. The van der Waals surface area contributed by atoms with E-state index in [1.54, 1.807) is 19.2 Å². The van der Waals surface area contributed by atoms with E-state index in [9.17, 15) is 4.79 Å². The second-order valence-electron chi connectivity index (χ2n) is 4.16. The number of rotatable bonds is 6. The van der Waals surface area contributed by atoms with E-state index in [1.165, 1.54) is 0 Å². The highest BCUT2D eigenvalue weighted by atomic mass is 127. The number of nitrogens with one attached hydrogen (secondary N) is 3. The number of carbonyl (C=O) groups excluding carboxylic acids is 1. The Morgan fingerprint density at radius 3 is 2.71 bits per heavy atom. The fraction of sp³-hybridized carbons (Fsp3) is 0.333. The maximum Gasteiger partial charge on any atom is 0.251 e. The lowest BCUT2D eigenvalue weighted by Gasteiger charge is -2.11. The number of amides is 1. The van der Waals surface area contributed by atoms with Gasteiger partial charge in [-0.15, -0.1) is 30.6 Å². The number of hydrogen-bond donors (Lipinski definition) is 3. The lowest BCUT2D eigenvalue weighted by atomic mass is 10.1. The molecule has 1 aromatic carbocycles. The highest BCUT2D eigenvalue weighted by molar-refractivity contribution is 14.0. The van der Waals surface area contributed by atoms with Crippen molar-refractivity contribution in [3.05, 3.63) is 48.0 Å². The Morgan fingerprint density at radius 1 is 1.33 bits per heavy atom. The van der Waals surface area contributed by atoms with Gasteiger partial charge in [0.15, 0.2) is 5.96 Å². The molecule has 0 heterocycles. The van der Waals surface area contributed by atoms with Crippen LogP contribution in [0.3, 0.4) is 0 Å². The molecule has 0 aliphatic heterocycles. The van der Waals surface area contributed by atoms with Gasteiger partial charge in [-0.05, 0) is 24.6 Å². The van der Waals surface area contributed by atoms with Crippen LogP contribution in [0.4, 0.5) is 0 Å². The number of nitrogens with zero attached hydrogens (tertiary/aromatic N) is 1. The van der Waals surface area contributed by atoms with Gasteiger partial charge in [-0.3, -0.25) is 9.79 Å². The SMILES string of the molecule is C=CCNC(=NC)NCc1cccc(C(=O)NCC)c1.I. The smallest absolute Gasteiger partial charge is 0.251 e. The van der Waals surface area contributed by atoms with Gasteiger partial charge in [-0.1, -0.05) is 18.2 Å². The molecule has 0 bridgehead atoms. The molecule has 5 nitrogen and oxygen atoms in total. The van der Waals surface area contributed by atoms with Gasteiger partial charge in [0.2, 0.25) is 0 Å². The maximum atomic E-state index is 11.8. The number of carbonyl (C=O) groups is 1. The van der Waals surface area contributed by atoms with Crippen LogP contribution in [-0.2, 0) is 6.54 Å². The molecule has 0 fully saturated rings. The molecule has 0 unspecified atom stereocenters. The monoisotopic (exact) mass is 402 g/mol. The summed E-state index contributed by atoms with van der Waals surface area (Å²) in [5.74, 6) is 0.650. The zero-order valence-electron chi connectivity index (χ0n) is 12.5. The first kappa shape index (κ1) is 19.4. The van der Waals surface area contributed by atoms with Crippen molar-refractivity contribution in [1.29, 1.82) is 0 Å². The zero-order valence-corrected chi connectivity index (χ0v) is 14.8. The topological polar surface area (TPSA) is 65.5 Å². The molecule has 1 aromatic rings. The van der Waals surface area contributed by atoms with Crippen LogP contribution in [0.25, 0.3) is 0 Å². The molecule has 3 N–H and O–H groups in total. The Kier molecular flexibility index (Phi) is 10.3. The van der Waals surface area contributed by atoms with Crippen LogP contribution < -0.4 is 16.0 Å². The van der Waals surface area contributed by atoms with Crippen LogP contribution in [0.2, 0.25) is 0 Å². The maximum absolute atomic E-state index is 11.8. The third-order valence-corrected chi connectivity index (χ3v) is 2.62. The summed E-state index contributed by atoms with van der Waals surface area (Å²) in [5.41, 5.74) is 1.69. The Balaban J connectivity index is 0.00000400. The third kappa shape index (κ3) is 7.12. The quantitative estimate of drug-likeness (QED) is 0.295. The lowest BCUT2D eigenvalue weighted by Crippen LogP contribution is -2.36. The Labute approximate surface area is 143 Å². The van der Waals surface area contributed by atoms with E-state index in [1.807, 2.05) is 25.1 Å². The minimum Gasteiger partial charge on any atom is -0.353 e. The van der Waals surface area contributed by atoms with E-state index in [0.717, 1.165) is 5.56 Å². The molecule has 21 heavy (non-hydrogen) atoms. The van der Waals surface area contributed by atoms with Gasteiger partial charge >= 0.3 is 0 Å². The van der Waals surface area contributed by atoms with E-state index in [0.29, 0.717) is 31.2 Å². The van der Waals surface area contributed by atoms with Crippen LogP contribution in [0.1, 0.15) is 22.8 Å². The summed E-state index contributed by atoms with van der Waals surface area (Å²) >= 11 is 0. The van der Waals surface area contributed by atoms with E-state index in [2.05, 4.69) is 27.5 Å². The summed E-state index contributed by atoms with van der Waals surface area (Å²) in [5, 5.41) is 9.05. The van der Waals surface area contributed by atoms with Gasteiger partial charge in [0, 0.05) is 32.2 Å². The number of benzene rings is 1. The van der Waals surface area contributed by atoms with Crippen molar-refractivity contribution in [2.45, 2.75) is 13.5 Å². The number of aliphatic imine (C=N–C) groups is 1. The molecule has 0 radical (unpaired) electrons. The summed E-state index contributed by atoms with van der Waals surface area (Å²) in [7, 11) is 1.71. The summed E-state index contributed by atoms with van der Waals surface area (Å²) in [6.45, 7) is 7.42. The summed E-state index contributed by atoms with van der Waals surface area (Å²) in [4.78, 5) is 15.8. The van der Waals surface area contributed by atoms with Gasteiger partial charge in [-0.2, -0.15) is 0 Å². The molecule has 0 aliphatic carbocycles. The van der Waals surface area contributed by atoms with E-state index in [-0.39, 0.29) is 29.9 Å². The molecule has 0 aromatic heterocycles. The first-order chi connectivity index (χ1) is 9.71. The van der Waals surface area contributed by atoms with Crippen molar-refractivity contribution in [3.8, 4) is 0 Å². The largest absolute Gasteiger partial charge is 0.353 e. The predicted octanol–water partition coefficient (Wildman–Crippen LogP) is 1.91. The van der Waals surface area contributed by atoms with Crippen LogP contribution in [0.15, 0.2) is 41.9 Å². The fourth-order valence-corrected chi connectivity index (χ4v) is 1.66. The van der Waals surface area contributed by atoms with Gasteiger partial charge in [0.05, 0.1) is 0 Å². The average Bonchev–Trinajstić information content (AvgIpc) is 2.48. The molecule has 0 saturated heterocycles. The van der Waals surface area contributed by atoms with E-state index >= 15 is 0 Å². The summed E-state index contributed by atoms with van der Waals surface area (Å²) in [6.07, 6.45) is 1.77. The van der Waals surface area contributed by atoms with E-state index in [4.69, 9.17) is 0 Å². The molecule has 116 valence electrons. The average molecular weight is 402 g/mol. The first-order valence-electron chi connectivity index (χ1n) is 6.63. The van der Waals surface area contributed by atoms with Gasteiger partial charge in [-0.25, -0.2) is 0 Å². The summed E-state index contributed by atoms with van der Waals surface area (Å²) < 4.78 is 0. The minimum absolute atomic E-state index is 0. The molecule has 0 spiro atoms. The second kappa shape index (κ2) is 11.1. The van der Waals surface area contributed by atoms with Gasteiger partial charge < -0.3 is 16.0 Å². The molecule has 1 rings (SSSR count). The molecule has 0 aliphatic rings. The summed E-state index contributed by atoms with van der Waals surface area (Å²) in [6, 6.07) is 7.52. The standard InChI is InChI=1S/C15H22N4O.HI/c1-4-9-18-15(16-3)19-11-12-7-6-8-13(10-12)14(20)17-5-2;/h4,6-8,10H,1,5,9,11H2,2-3H3,(H,17,20)(H2,16,18,19);1H. The molecule has 0 saturated carbocycles. The van der Waals surface area contributed by atoms with Crippen molar-refractivity contribution in [1.82, 2.24) is 16.0 Å². The highest BCUT2D eigenvalue weighted by Gasteiger charge is 2.05. The molecule has 6 heteroatoms. The Bertz CT molecular complexity index is 488. The first-order valence-corrected chi connectivity index (χ1v) is 6.63. The Hall–Kier alpha value is -1.57. The predicted molar refractivity (Wildman–Crippen MR) is 98.3 cm³/mol. The van der Waals surface area contributed by atoms with Gasteiger partial charge in [0.1, 0.15) is 0 Å². The van der Waals surface area contributed by atoms with Crippen molar-refractivity contribution >= 4 is 35.8 Å².